The third-order valence-electron chi connectivity index (χ3n) is 3.16. The first-order chi connectivity index (χ1) is 9.22. The molecule has 2 rings (SSSR count). The molecule has 0 radical (unpaired) electrons. The first-order valence-electron chi connectivity index (χ1n) is 6.67. The average Bonchev–Trinajstić information content (AvgIpc) is 2.43. The lowest BCUT2D eigenvalue weighted by Crippen LogP contribution is -2.17. The van der Waals surface area contributed by atoms with E-state index in [0.717, 1.165) is 42.3 Å². The average molecular weight is 256 g/mol. The first-order valence-corrected chi connectivity index (χ1v) is 6.67. The number of rotatable bonds is 5. The number of aromatic nitrogens is 3. The predicted molar refractivity (Wildman–Crippen MR) is 77.0 cm³/mol. The lowest BCUT2D eigenvalue weighted by molar-refractivity contribution is 0.708. The van der Waals surface area contributed by atoms with Crippen molar-refractivity contribution in [1.82, 2.24) is 20.3 Å². The van der Waals surface area contributed by atoms with Gasteiger partial charge in [-0.1, -0.05) is 6.92 Å². The molecule has 0 aromatic carbocycles. The van der Waals surface area contributed by atoms with E-state index in [9.17, 15) is 0 Å². The zero-order chi connectivity index (χ0) is 13.7. The highest BCUT2D eigenvalue weighted by atomic mass is 14.9. The predicted octanol–water partition coefficient (Wildman–Crippen LogP) is 2.31. The SMILES string of the molecule is CCNCCc1c(C)nc(-c2ccncc2)nc1C. The number of nitrogens with zero attached hydrogens (tertiary/aromatic N) is 3. The molecule has 0 saturated carbocycles. The summed E-state index contributed by atoms with van der Waals surface area (Å²) in [4.78, 5) is 13.3. The molecule has 0 aliphatic heterocycles. The van der Waals surface area contributed by atoms with Crippen LogP contribution in [0.5, 0.6) is 0 Å². The molecule has 2 heterocycles. The topological polar surface area (TPSA) is 50.7 Å². The minimum Gasteiger partial charge on any atom is -0.317 e. The lowest BCUT2D eigenvalue weighted by atomic mass is 10.1. The van der Waals surface area contributed by atoms with Gasteiger partial charge in [0.2, 0.25) is 0 Å². The van der Waals surface area contributed by atoms with E-state index in [1.54, 1.807) is 12.4 Å². The molecular weight excluding hydrogens is 236 g/mol. The number of likely N-dealkylation sites (N-methyl/N-ethyl adjacent to an activating group) is 1. The third-order valence-corrected chi connectivity index (χ3v) is 3.16. The Hall–Kier alpha value is -1.81. The van der Waals surface area contributed by atoms with Crippen LogP contribution in [0.15, 0.2) is 24.5 Å². The number of nitrogens with one attached hydrogen (secondary N) is 1. The van der Waals surface area contributed by atoms with Gasteiger partial charge in [-0.05, 0) is 51.1 Å². The molecule has 2 aromatic heterocycles. The Morgan fingerprint density at radius 3 is 2.26 bits per heavy atom. The van der Waals surface area contributed by atoms with Gasteiger partial charge in [0.1, 0.15) is 0 Å². The van der Waals surface area contributed by atoms with E-state index < -0.39 is 0 Å². The van der Waals surface area contributed by atoms with Crippen LogP contribution in [0.2, 0.25) is 0 Å². The number of hydrogen-bond donors (Lipinski definition) is 1. The van der Waals surface area contributed by atoms with Crippen LogP contribution in [0.1, 0.15) is 23.9 Å². The Balaban J connectivity index is 2.26. The quantitative estimate of drug-likeness (QED) is 0.834. The van der Waals surface area contributed by atoms with Gasteiger partial charge in [-0.25, -0.2) is 9.97 Å². The van der Waals surface area contributed by atoms with Crippen molar-refractivity contribution in [3.8, 4) is 11.4 Å². The summed E-state index contributed by atoms with van der Waals surface area (Å²) >= 11 is 0. The summed E-state index contributed by atoms with van der Waals surface area (Å²) in [5.74, 6) is 0.782. The van der Waals surface area contributed by atoms with Crippen molar-refractivity contribution in [2.24, 2.45) is 0 Å². The van der Waals surface area contributed by atoms with Crippen LogP contribution in [-0.2, 0) is 6.42 Å². The van der Waals surface area contributed by atoms with Crippen LogP contribution in [-0.4, -0.2) is 28.0 Å². The molecule has 0 amide bonds. The Bertz CT molecular complexity index is 514. The number of aryl methyl sites for hydroxylation is 2. The smallest absolute Gasteiger partial charge is 0.159 e. The zero-order valence-corrected chi connectivity index (χ0v) is 11.8. The summed E-state index contributed by atoms with van der Waals surface area (Å²) in [5, 5.41) is 3.33. The molecule has 0 bridgehead atoms. The van der Waals surface area contributed by atoms with Crippen LogP contribution in [0.25, 0.3) is 11.4 Å². The molecule has 100 valence electrons. The molecule has 0 spiro atoms. The second-order valence-electron chi connectivity index (χ2n) is 4.54. The van der Waals surface area contributed by atoms with Gasteiger partial charge in [0, 0.05) is 29.3 Å². The van der Waals surface area contributed by atoms with E-state index in [0.29, 0.717) is 0 Å². The summed E-state index contributed by atoms with van der Waals surface area (Å²) in [6, 6.07) is 3.87. The number of hydrogen-bond acceptors (Lipinski definition) is 4. The Labute approximate surface area is 114 Å². The second kappa shape index (κ2) is 6.38. The van der Waals surface area contributed by atoms with Crippen molar-refractivity contribution < 1.29 is 0 Å². The number of pyridine rings is 1. The standard InChI is InChI=1S/C15H20N4/c1-4-16-10-7-14-11(2)18-15(19-12(14)3)13-5-8-17-9-6-13/h5-6,8-9,16H,4,7,10H2,1-3H3. The second-order valence-corrected chi connectivity index (χ2v) is 4.54. The van der Waals surface area contributed by atoms with Gasteiger partial charge >= 0.3 is 0 Å². The fourth-order valence-electron chi connectivity index (χ4n) is 2.12. The molecule has 4 nitrogen and oxygen atoms in total. The van der Waals surface area contributed by atoms with Crippen molar-refractivity contribution in [3.63, 3.8) is 0 Å². The van der Waals surface area contributed by atoms with E-state index in [1.807, 2.05) is 12.1 Å². The summed E-state index contributed by atoms with van der Waals surface area (Å²) in [7, 11) is 0. The summed E-state index contributed by atoms with van der Waals surface area (Å²) in [6.45, 7) is 8.19. The van der Waals surface area contributed by atoms with Gasteiger partial charge in [-0.3, -0.25) is 4.98 Å². The largest absolute Gasteiger partial charge is 0.317 e. The van der Waals surface area contributed by atoms with Crippen molar-refractivity contribution >= 4 is 0 Å². The summed E-state index contributed by atoms with van der Waals surface area (Å²) in [6.07, 6.45) is 4.51. The van der Waals surface area contributed by atoms with Gasteiger partial charge in [-0.2, -0.15) is 0 Å². The zero-order valence-electron chi connectivity index (χ0n) is 11.8. The molecular formula is C15H20N4. The van der Waals surface area contributed by atoms with E-state index in [4.69, 9.17) is 0 Å². The Morgan fingerprint density at radius 1 is 1.05 bits per heavy atom. The fraction of sp³-hybridized carbons (Fsp3) is 0.400. The lowest BCUT2D eigenvalue weighted by Gasteiger charge is -2.11. The van der Waals surface area contributed by atoms with E-state index >= 15 is 0 Å². The molecule has 19 heavy (non-hydrogen) atoms. The van der Waals surface area contributed by atoms with Gasteiger partial charge < -0.3 is 5.32 Å². The maximum Gasteiger partial charge on any atom is 0.159 e. The highest BCUT2D eigenvalue weighted by molar-refractivity contribution is 5.54. The molecule has 2 aromatic rings. The molecule has 4 heteroatoms. The van der Waals surface area contributed by atoms with Crippen LogP contribution in [0, 0.1) is 13.8 Å². The Kier molecular flexibility index (Phi) is 4.58. The molecule has 0 unspecified atom stereocenters. The van der Waals surface area contributed by atoms with Gasteiger partial charge in [0.25, 0.3) is 0 Å². The summed E-state index contributed by atoms with van der Waals surface area (Å²) < 4.78 is 0. The highest BCUT2D eigenvalue weighted by Gasteiger charge is 2.09. The minimum absolute atomic E-state index is 0.782. The molecule has 1 N–H and O–H groups in total. The van der Waals surface area contributed by atoms with Gasteiger partial charge in [0.05, 0.1) is 0 Å². The maximum absolute atomic E-state index is 4.62. The highest BCUT2D eigenvalue weighted by Crippen LogP contribution is 2.18. The molecule has 0 aliphatic carbocycles. The first kappa shape index (κ1) is 13.6. The van der Waals surface area contributed by atoms with Crippen molar-refractivity contribution in [2.45, 2.75) is 27.2 Å². The third kappa shape index (κ3) is 3.35. The van der Waals surface area contributed by atoms with Gasteiger partial charge in [-0.15, -0.1) is 0 Å². The van der Waals surface area contributed by atoms with Crippen LogP contribution >= 0.6 is 0 Å². The van der Waals surface area contributed by atoms with Crippen LogP contribution < -0.4 is 5.32 Å². The van der Waals surface area contributed by atoms with Crippen molar-refractivity contribution in [3.05, 3.63) is 41.5 Å². The van der Waals surface area contributed by atoms with E-state index in [-0.39, 0.29) is 0 Å². The molecule has 0 aliphatic rings. The van der Waals surface area contributed by atoms with Crippen molar-refractivity contribution in [1.29, 1.82) is 0 Å². The van der Waals surface area contributed by atoms with E-state index in [2.05, 4.69) is 41.0 Å². The van der Waals surface area contributed by atoms with Crippen molar-refractivity contribution in [2.75, 3.05) is 13.1 Å². The maximum atomic E-state index is 4.62. The molecule has 0 saturated heterocycles. The monoisotopic (exact) mass is 256 g/mol. The van der Waals surface area contributed by atoms with Crippen LogP contribution in [0.4, 0.5) is 0 Å². The van der Waals surface area contributed by atoms with Gasteiger partial charge in [0.15, 0.2) is 5.82 Å². The Morgan fingerprint density at radius 2 is 1.68 bits per heavy atom. The molecule has 0 fully saturated rings. The fourth-order valence-corrected chi connectivity index (χ4v) is 2.12. The minimum atomic E-state index is 0.782. The van der Waals surface area contributed by atoms with E-state index in [1.165, 1.54) is 5.56 Å². The normalized spacial score (nSPS) is 10.7. The molecule has 0 atom stereocenters. The summed E-state index contributed by atoms with van der Waals surface area (Å²) in [5.41, 5.74) is 4.40. The van der Waals surface area contributed by atoms with Crippen LogP contribution in [0.3, 0.4) is 0 Å².